The lowest BCUT2D eigenvalue weighted by Crippen LogP contribution is -2.58. The Morgan fingerprint density at radius 1 is 1.03 bits per heavy atom. The monoisotopic (exact) mass is 571 g/mol. The fourth-order valence-electron chi connectivity index (χ4n) is 7.77. The van der Waals surface area contributed by atoms with Gasteiger partial charge in [-0.3, -0.25) is 0 Å². The van der Waals surface area contributed by atoms with Crippen LogP contribution in [-0.4, -0.2) is 81.0 Å². The molecule has 0 spiro atoms. The maximum atomic E-state index is 13.6. The molecule has 0 amide bonds. The predicted molar refractivity (Wildman–Crippen MR) is 156 cm³/mol. The quantitative estimate of drug-likeness (QED) is 0.436. The van der Waals surface area contributed by atoms with Crippen molar-refractivity contribution in [2.75, 3.05) is 40.3 Å². The number of halogens is 1. The second-order valence-electron chi connectivity index (χ2n) is 12.3. The molecule has 2 heterocycles. The normalized spacial score (nSPS) is 28.4. The highest BCUT2D eigenvalue weighted by Crippen LogP contribution is 2.51. The zero-order chi connectivity index (χ0) is 27.4. The van der Waals surface area contributed by atoms with E-state index >= 15 is 0 Å². The van der Waals surface area contributed by atoms with Crippen LogP contribution in [0.3, 0.4) is 0 Å². The van der Waals surface area contributed by atoms with Gasteiger partial charge in [-0.1, -0.05) is 24.6 Å². The van der Waals surface area contributed by atoms with Gasteiger partial charge in [0.25, 0.3) is 0 Å². The molecule has 2 saturated heterocycles. The molecule has 2 aromatic rings. The third-order valence-electron chi connectivity index (χ3n) is 10.3. The minimum Gasteiger partial charge on any atom is -0.497 e. The molecule has 1 saturated carbocycles. The first-order valence-corrected chi connectivity index (χ1v) is 16.4. The number of rotatable bonds is 8. The van der Waals surface area contributed by atoms with Crippen LogP contribution in [0.25, 0.3) is 0 Å². The van der Waals surface area contributed by atoms with Crippen LogP contribution in [0, 0.1) is 5.92 Å². The van der Waals surface area contributed by atoms with E-state index in [2.05, 4.69) is 42.0 Å². The van der Waals surface area contributed by atoms with Gasteiger partial charge in [-0.15, -0.1) is 0 Å². The van der Waals surface area contributed by atoms with Gasteiger partial charge in [-0.25, -0.2) is 8.42 Å². The number of hydrogen-bond acceptors (Lipinski definition) is 5. The van der Waals surface area contributed by atoms with Crippen LogP contribution in [0.1, 0.15) is 56.6 Å². The number of benzene rings is 2. The Hall–Kier alpha value is -1.64. The summed E-state index contributed by atoms with van der Waals surface area (Å²) in [4.78, 5) is 5.51. The smallest absolute Gasteiger partial charge is 0.243 e. The first-order chi connectivity index (χ1) is 18.7. The molecule has 4 aliphatic rings. The average molecular weight is 572 g/mol. The standard InChI is InChI=1S/C31H42ClN3O3S/c1-22-30-20-23-4-9-27(38-3)21-29(23)31(22,14-18-33(30)2)15-19-34-16-12-26(13-17-34)35(25-7-8-25)39(36,37)28-10-5-24(32)6-11-28/h4-6,9-11,21-22,25-26,30H,7-8,12-20H2,1-3H3/t22-,30+,31?/m0/s1. The summed E-state index contributed by atoms with van der Waals surface area (Å²) < 4.78 is 34.8. The maximum absolute atomic E-state index is 13.6. The fraction of sp³-hybridized carbons (Fsp3) is 0.613. The van der Waals surface area contributed by atoms with Crippen molar-refractivity contribution in [3.05, 3.63) is 58.6 Å². The Bertz CT molecular complexity index is 1290. The second-order valence-corrected chi connectivity index (χ2v) is 14.6. The van der Waals surface area contributed by atoms with E-state index in [1.54, 1.807) is 31.4 Å². The van der Waals surface area contributed by atoms with Gasteiger partial charge in [-0.2, -0.15) is 4.31 Å². The highest BCUT2D eigenvalue weighted by molar-refractivity contribution is 7.89. The van der Waals surface area contributed by atoms with E-state index in [1.165, 1.54) is 17.5 Å². The highest BCUT2D eigenvalue weighted by atomic mass is 35.5. The van der Waals surface area contributed by atoms with Crippen molar-refractivity contribution in [3.8, 4) is 5.75 Å². The van der Waals surface area contributed by atoms with E-state index in [4.69, 9.17) is 16.3 Å². The van der Waals surface area contributed by atoms with E-state index in [9.17, 15) is 8.42 Å². The number of sulfonamides is 1. The number of likely N-dealkylation sites (tertiary alicyclic amines) is 2. The van der Waals surface area contributed by atoms with Crippen LogP contribution >= 0.6 is 11.6 Å². The zero-order valence-electron chi connectivity index (χ0n) is 23.5. The van der Waals surface area contributed by atoms with Crippen molar-refractivity contribution >= 4 is 21.6 Å². The molecule has 2 bridgehead atoms. The number of fused-ring (bicyclic) bond motifs is 4. The molecular weight excluding hydrogens is 530 g/mol. The van der Waals surface area contributed by atoms with Crippen LogP contribution in [0.2, 0.25) is 5.02 Å². The number of likely N-dealkylation sites (N-methyl/N-ethyl adjacent to an activating group) is 1. The molecule has 2 aliphatic carbocycles. The van der Waals surface area contributed by atoms with Gasteiger partial charge in [0.2, 0.25) is 10.0 Å². The fourth-order valence-corrected chi connectivity index (χ4v) is 9.83. The van der Waals surface area contributed by atoms with Gasteiger partial charge in [0.1, 0.15) is 5.75 Å². The summed E-state index contributed by atoms with van der Waals surface area (Å²) in [5.74, 6) is 1.55. The first-order valence-electron chi connectivity index (χ1n) is 14.6. The van der Waals surface area contributed by atoms with Crippen LogP contribution in [0.5, 0.6) is 5.75 Å². The summed E-state index contributed by atoms with van der Waals surface area (Å²) in [6.45, 7) is 6.54. The summed E-state index contributed by atoms with van der Waals surface area (Å²) in [7, 11) is 0.524. The molecule has 8 heteroatoms. The molecule has 39 heavy (non-hydrogen) atoms. The minimum atomic E-state index is -3.53. The summed E-state index contributed by atoms with van der Waals surface area (Å²) in [5.41, 5.74) is 3.15. The Balaban J connectivity index is 1.16. The number of nitrogens with zero attached hydrogens (tertiary/aromatic N) is 3. The molecule has 0 radical (unpaired) electrons. The lowest BCUT2D eigenvalue weighted by atomic mass is 9.56. The molecule has 0 N–H and O–H groups in total. The third kappa shape index (κ3) is 5.03. The van der Waals surface area contributed by atoms with Gasteiger partial charge in [0.05, 0.1) is 12.0 Å². The summed E-state index contributed by atoms with van der Waals surface area (Å²) in [6, 6.07) is 14.2. The molecule has 2 aromatic carbocycles. The lowest BCUT2D eigenvalue weighted by Gasteiger charge is -2.56. The van der Waals surface area contributed by atoms with Crippen LogP contribution in [-0.2, 0) is 21.9 Å². The Morgan fingerprint density at radius 2 is 1.72 bits per heavy atom. The van der Waals surface area contributed by atoms with E-state index in [0.717, 1.165) is 70.5 Å². The molecule has 3 fully saturated rings. The second kappa shape index (κ2) is 10.6. The average Bonchev–Trinajstić information content (AvgIpc) is 3.76. The summed E-state index contributed by atoms with van der Waals surface area (Å²) >= 11 is 6.04. The van der Waals surface area contributed by atoms with E-state index < -0.39 is 10.0 Å². The third-order valence-corrected chi connectivity index (χ3v) is 12.6. The first kappa shape index (κ1) is 27.5. The van der Waals surface area contributed by atoms with E-state index in [1.807, 2.05) is 4.31 Å². The van der Waals surface area contributed by atoms with E-state index in [0.29, 0.717) is 21.9 Å². The molecule has 212 valence electrons. The molecular formula is C31H42ClN3O3S. The van der Waals surface area contributed by atoms with Crippen LogP contribution < -0.4 is 4.74 Å². The number of piperidine rings is 2. The van der Waals surface area contributed by atoms with Gasteiger partial charge in [0, 0.05) is 28.6 Å². The molecule has 2 aliphatic heterocycles. The predicted octanol–water partition coefficient (Wildman–Crippen LogP) is 5.19. The minimum absolute atomic E-state index is 0.0684. The maximum Gasteiger partial charge on any atom is 0.243 e. The summed E-state index contributed by atoms with van der Waals surface area (Å²) in [6.07, 6.45) is 7.13. The van der Waals surface area contributed by atoms with Crippen molar-refractivity contribution in [1.82, 2.24) is 14.1 Å². The SMILES string of the molecule is COc1ccc2c(c1)C1(CCN3CCC(N(C4CC4)S(=O)(=O)c4ccc(Cl)cc4)CC3)CCN(C)[C@H](C2)[C@@H]1C. The highest BCUT2D eigenvalue weighted by Gasteiger charge is 2.50. The van der Waals surface area contributed by atoms with Gasteiger partial charge in [0.15, 0.2) is 0 Å². The molecule has 6 rings (SSSR count). The van der Waals surface area contributed by atoms with Gasteiger partial charge < -0.3 is 14.5 Å². The Morgan fingerprint density at radius 3 is 2.38 bits per heavy atom. The molecule has 0 aromatic heterocycles. The zero-order valence-corrected chi connectivity index (χ0v) is 25.1. The number of hydrogen-bond donors (Lipinski definition) is 0. The van der Waals surface area contributed by atoms with Crippen molar-refractivity contribution in [3.63, 3.8) is 0 Å². The van der Waals surface area contributed by atoms with Gasteiger partial charge >= 0.3 is 0 Å². The molecule has 3 atom stereocenters. The number of methoxy groups -OCH3 is 1. The summed E-state index contributed by atoms with van der Waals surface area (Å²) in [5, 5.41) is 0.559. The van der Waals surface area contributed by atoms with Crippen LogP contribution in [0.4, 0.5) is 0 Å². The Labute approximate surface area is 239 Å². The Kier molecular flexibility index (Phi) is 7.51. The largest absolute Gasteiger partial charge is 0.497 e. The van der Waals surface area contributed by atoms with Crippen molar-refractivity contribution in [1.29, 1.82) is 0 Å². The lowest BCUT2D eigenvalue weighted by molar-refractivity contribution is 0.0272. The van der Waals surface area contributed by atoms with E-state index in [-0.39, 0.29) is 17.5 Å². The molecule has 1 unspecified atom stereocenters. The van der Waals surface area contributed by atoms with Crippen molar-refractivity contribution < 1.29 is 13.2 Å². The van der Waals surface area contributed by atoms with Crippen molar-refractivity contribution in [2.45, 2.75) is 80.3 Å². The van der Waals surface area contributed by atoms with Gasteiger partial charge in [-0.05, 0) is 132 Å². The van der Waals surface area contributed by atoms with Crippen molar-refractivity contribution in [2.24, 2.45) is 5.92 Å². The number of ether oxygens (including phenoxy) is 1. The molecule has 6 nitrogen and oxygen atoms in total. The topological polar surface area (TPSA) is 53.1 Å². The van der Waals surface area contributed by atoms with Crippen LogP contribution in [0.15, 0.2) is 47.4 Å².